The molecule has 0 saturated carbocycles. The van der Waals surface area contributed by atoms with Gasteiger partial charge in [0, 0.05) is 0 Å². The van der Waals surface area contributed by atoms with Gasteiger partial charge in [-0.2, -0.15) is 4.80 Å². The van der Waals surface area contributed by atoms with Gasteiger partial charge in [0.05, 0.1) is 6.61 Å². The molecule has 0 atom stereocenters. The highest BCUT2D eigenvalue weighted by Gasteiger charge is 2.03. The third kappa shape index (κ3) is 2.32. The number of hydrogen-bond acceptors (Lipinski definition) is 5. The van der Waals surface area contributed by atoms with Crippen molar-refractivity contribution in [3.05, 3.63) is 6.33 Å². The second-order valence-corrected chi connectivity index (χ2v) is 1.72. The first-order valence-corrected chi connectivity index (χ1v) is 3.12. The monoisotopic (exact) mass is 155 g/mol. The molecule has 1 aromatic heterocycles. The van der Waals surface area contributed by atoms with Crippen LogP contribution in [-0.2, 0) is 16.1 Å². The van der Waals surface area contributed by atoms with E-state index in [1.807, 2.05) is 0 Å². The minimum absolute atomic E-state index is 0.00958. The number of ether oxygens (including phenoxy) is 1. The summed E-state index contributed by atoms with van der Waals surface area (Å²) in [5.74, 6) is -0.376. The molecule has 0 aliphatic carbocycles. The van der Waals surface area contributed by atoms with Crippen LogP contribution in [0.4, 0.5) is 0 Å². The molecule has 0 spiro atoms. The van der Waals surface area contributed by atoms with Gasteiger partial charge in [-0.25, -0.2) is 4.79 Å². The van der Waals surface area contributed by atoms with Crippen LogP contribution in [0.5, 0.6) is 0 Å². The summed E-state index contributed by atoms with van der Waals surface area (Å²) >= 11 is 0. The fraction of sp³-hybridized carbons (Fsp3) is 0.600. The Bertz CT molecular complexity index is 220. The van der Waals surface area contributed by atoms with Gasteiger partial charge in [0.1, 0.15) is 0 Å². The van der Waals surface area contributed by atoms with Crippen molar-refractivity contribution in [3.63, 3.8) is 0 Å². The molecular formula is C5H7N4O2. The maximum absolute atomic E-state index is 10.7. The number of aromatic nitrogens is 4. The number of rotatable bonds is 3. The molecule has 11 heavy (non-hydrogen) atoms. The Morgan fingerprint density at radius 1 is 1.73 bits per heavy atom. The van der Waals surface area contributed by atoms with Crippen LogP contribution in [0.15, 0.2) is 0 Å². The van der Waals surface area contributed by atoms with Gasteiger partial charge in [-0.1, -0.05) is 0 Å². The summed E-state index contributed by atoms with van der Waals surface area (Å²) in [6.45, 7) is 2.08. The molecule has 0 amide bonds. The van der Waals surface area contributed by atoms with E-state index in [2.05, 4.69) is 26.5 Å². The maximum atomic E-state index is 10.7. The Morgan fingerprint density at radius 3 is 3.09 bits per heavy atom. The molecule has 0 aliphatic rings. The third-order valence-electron chi connectivity index (χ3n) is 0.929. The van der Waals surface area contributed by atoms with E-state index in [-0.39, 0.29) is 12.5 Å². The smallest absolute Gasteiger partial charge is 0.329 e. The zero-order valence-corrected chi connectivity index (χ0v) is 6.02. The van der Waals surface area contributed by atoms with Gasteiger partial charge >= 0.3 is 5.97 Å². The lowest BCUT2D eigenvalue weighted by Crippen LogP contribution is -2.15. The van der Waals surface area contributed by atoms with Crippen molar-refractivity contribution < 1.29 is 9.53 Å². The Hall–Kier alpha value is -1.46. The van der Waals surface area contributed by atoms with Gasteiger partial charge in [0.25, 0.3) is 0 Å². The van der Waals surface area contributed by atoms with E-state index < -0.39 is 0 Å². The summed E-state index contributed by atoms with van der Waals surface area (Å²) in [6, 6.07) is 0. The van der Waals surface area contributed by atoms with Gasteiger partial charge < -0.3 is 4.74 Å². The number of carbonyl (C=O) groups excluding carboxylic acids is 1. The highest BCUT2D eigenvalue weighted by atomic mass is 16.5. The maximum Gasteiger partial charge on any atom is 0.329 e. The average Bonchev–Trinajstić information content (AvgIpc) is 2.40. The van der Waals surface area contributed by atoms with Crippen LogP contribution in [0, 0.1) is 6.33 Å². The van der Waals surface area contributed by atoms with E-state index in [9.17, 15) is 4.79 Å². The van der Waals surface area contributed by atoms with Gasteiger partial charge in [-0.3, -0.25) is 0 Å². The van der Waals surface area contributed by atoms with Crippen molar-refractivity contribution in [3.8, 4) is 0 Å². The molecule has 0 saturated heterocycles. The van der Waals surface area contributed by atoms with E-state index in [4.69, 9.17) is 0 Å². The molecule has 59 valence electrons. The van der Waals surface area contributed by atoms with Gasteiger partial charge in [0.2, 0.25) is 6.33 Å². The SMILES string of the molecule is CCOC(=O)Cn1n[c]nn1. The molecule has 0 fully saturated rings. The van der Waals surface area contributed by atoms with Gasteiger partial charge in [-0.05, 0) is 12.1 Å². The second-order valence-electron chi connectivity index (χ2n) is 1.72. The van der Waals surface area contributed by atoms with Crippen LogP contribution in [-0.4, -0.2) is 32.8 Å². The molecule has 0 aromatic carbocycles. The molecule has 1 heterocycles. The van der Waals surface area contributed by atoms with Gasteiger partial charge in [-0.15, -0.1) is 10.2 Å². The zero-order chi connectivity index (χ0) is 8.10. The number of carbonyl (C=O) groups is 1. The second kappa shape index (κ2) is 3.65. The summed E-state index contributed by atoms with van der Waals surface area (Å²) in [6.07, 6.45) is 2.22. The van der Waals surface area contributed by atoms with Crippen molar-refractivity contribution in [2.45, 2.75) is 13.5 Å². The Morgan fingerprint density at radius 2 is 2.55 bits per heavy atom. The van der Waals surface area contributed by atoms with Crippen LogP contribution in [0.3, 0.4) is 0 Å². The van der Waals surface area contributed by atoms with Crippen LogP contribution < -0.4 is 0 Å². The molecule has 0 bridgehead atoms. The first kappa shape index (κ1) is 7.64. The summed E-state index contributed by atoms with van der Waals surface area (Å²) in [4.78, 5) is 11.9. The van der Waals surface area contributed by atoms with Crippen molar-refractivity contribution in [2.24, 2.45) is 0 Å². The quantitative estimate of drug-likeness (QED) is 0.525. The molecule has 1 rings (SSSR count). The fourth-order valence-corrected chi connectivity index (χ4v) is 0.552. The van der Waals surface area contributed by atoms with E-state index in [0.29, 0.717) is 6.61 Å². The molecule has 0 aliphatic heterocycles. The fourth-order valence-electron chi connectivity index (χ4n) is 0.552. The van der Waals surface area contributed by atoms with Crippen molar-refractivity contribution >= 4 is 5.97 Å². The number of nitrogens with zero attached hydrogens (tertiary/aromatic N) is 4. The third-order valence-corrected chi connectivity index (χ3v) is 0.929. The average molecular weight is 155 g/mol. The number of esters is 1. The van der Waals surface area contributed by atoms with E-state index in [1.54, 1.807) is 6.92 Å². The Labute approximate surface area is 63.1 Å². The highest BCUT2D eigenvalue weighted by Crippen LogP contribution is 1.81. The molecule has 1 radical (unpaired) electrons. The van der Waals surface area contributed by atoms with Crippen LogP contribution in [0.2, 0.25) is 0 Å². The first-order valence-electron chi connectivity index (χ1n) is 3.12. The van der Waals surface area contributed by atoms with Crippen molar-refractivity contribution in [2.75, 3.05) is 6.61 Å². The van der Waals surface area contributed by atoms with E-state index in [1.165, 1.54) is 0 Å². The van der Waals surface area contributed by atoms with E-state index >= 15 is 0 Å². The van der Waals surface area contributed by atoms with Crippen LogP contribution in [0.25, 0.3) is 0 Å². The molecule has 6 nitrogen and oxygen atoms in total. The van der Waals surface area contributed by atoms with Crippen molar-refractivity contribution in [1.82, 2.24) is 20.2 Å². The summed E-state index contributed by atoms with van der Waals surface area (Å²) < 4.78 is 4.63. The standard InChI is InChI=1S/C5H7N4O2/c1-2-11-5(10)3-9-7-4-6-8-9/h2-3H2,1H3. The number of tetrazole rings is 1. The van der Waals surface area contributed by atoms with E-state index in [0.717, 1.165) is 4.80 Å². The van der Waals surface area contributed by atoms with Gasteiger partial charge in [0.15, 0.2) is 6.54 Å². The topological polar surface area (TPSA) is 69.9 Å². The highest BCUT2D eigenvalue weighted by molar-refractivity contribution is 5.68. The lowest BCUT2D eigenvalue weighted by atomic mass is 10.7. The Kier molecular flexibility index (Phi) is 2.53. The lowest BCUT2D eigenvalue weighted by Gasteiger charge is -1.98. The number of hydrogen-bond donors (Lipinski definition) is 0. The minimum Gasteiger partial charge on any atom is -0.465 e. The largest absolute Gasteiger partial charge is 0.465 e. The first-order chi connectivity index (χ1) is 5.33. The molecule has 0 unspecified atom stereocenters. The predicted octanol–water partition coefficient (Wildman–Crippen LogP) is -0.964. The summed E-state index contributed by atoms with van der Waals surface area (Å²) in [7, 11) is 0. The lowest BCUT2D eigenvalue weighted by molar-refractivity contribution is -0.144. The zero-order valence-electron chi connectivity index (χ0n) is 6.02. The van der Waals surface area contributed by atoms with Crippen LogP contribution in [0.1, 0.15) is 6.92 Å². The molecule has 0 N–H and O–H groups in total. The minimum atomic E-state index is -0.376. The van der Waals surface area contributed by atoms with Crippen LogP contribution >= 0.6 is 0 Å². The molecular weight excluding hydrogens is 148 g/mol. The normalized spacial score (nSPS) is 9.55. The predicted molar refractivity (Wildman–Crippen MR) is 33.3 cm³/mol. The summed E-state index contributed by atoms with van der Waals surface area (Å²) in [5, 5.41) is 10.2. The molecule has 1 aromatic rings. The van der Waals surface area contributed by atoms with Crippen molar-refractivity contribution in [1.29, 1.82) is 0 Å². The summed E-state index contributed by atoms with van der Waals surface area (Å²) in [5.41, 5.74) is 0. The molecule has 6 heteroatoms. The Balaban J connectivity index is 2.37.